The van der Waals surface area contributed by atoms with Crippen LogP contribution in [-0.4, -0.2) is 34.6 Å². The lowest BCUT2D eigenvalue weighted by atomic mass is 10.2. The van der Waals surface area contributed by atoms with Gasteiger partial charge in [0, 0.05) is 11.9 Å². The Morgan fingerprint density at radius 1 is 1.18 bits per heavy atom. The van der Waals surface area contributed by atoms with Crippen molar-refractivity contribution < 1.29 is 19.4 Å². The first-order valence-corrected chi connectivity index (χ1v) is 8.87. The molecule has 0 saturated carbocycles. The molecular weight excluding hydrogens is 360 g/mol. The van der Waals surface area contributed by atoms with Crippen LogP contribution in [0.1, 0.15) is 6.92 Å². The number of benzene rings is 2. The van der Waals surface area contributed by atoms with Crippen LogP contribution in [0.5, 0.6) is 11.6 Å². The largest absolute Gasteiger partial charge is 0.493 e. The van der Waals surface area contributed by atoms with Crippen molar-refractivity contribution in [3.63, 3.8) is 0 Å². The summed E-state index contributed by atoms with van der Waals surface area (Å²) in [5.41, 5.74) is 1.56. The van der Waals surface area contributed by atoms with Crippen LogP contribution >= 0.6 is 0 Å². The third-order valence-electron chi connectivity index (χ3n) is 4.60. The summed E-state index contributed by atoms with van der Waals surface area (Å²) in [6.45, 7) is 2.07. The van der Waals surface area contributed by atoms with E-state index >= 15 is 0 Å². The maximum atomic E-state index is 12.4. The zero-order chi connectivity index (χ0) is 19.7. The molecule has 1 aliphatic heterocycles. The van der Waals surface area contributed by atoms with E-state index in [1.165, 1.54) is 4.90 Å². The lowest BCUT2D eigenvalue weighted by molar-refractivity contribution is -0.124. The highest BCUT2D eigenvalue weighted by Gasteiger charge is 2.27. The normalized spacial score (nSPS) is 13.8. The predicted octanol–water partition coefficient (Wildman–Crippen LogP) is 3.40. The molecule has 0 fully saturated rings. The molecule has 3 aromatic rings. The zero-order valence-electron chi connectivity index (χ0n) is 15.2. The van der Waals surface area contributed by atoms with Gasteiger partial charge in [-0.2, -0.15) is 0 Å². The van der Waals surface area contributed by atoms with Gasteiger partial charge in [-0.1, -0.05) is 30.3 Å². The van der Waals surface area contributed by atoms with Crippen molar-refractivity contribution in [2.75, 3.05) is 18.1 Å². The lowest BCUT2D eigenvalue weighted by Gasteiger charge is -2.27. The van der Waals surface area contributed by atoms with Crippen molar-refractivity contribution in [2.24, 2.45) is 10.2 Å². The summed E-state index contributed by atoms with van der Waals surface area (Å²) in [6, 6.07) is 14.4. The number of rotatable bonds is 4. The highest BCUT2D eigenvalue weighted by molar-refractivity contribution is 6.02. The topological polar surface area (TPSA) is 96.5 Å². The van der Waals surface area contributed by atoms with Gasteiger partial charge < -0.3 is 14.4 Å². The number of aromatic hydroxyl groups is 1. The molecule has 142 valence electrons. The van der Waals surface area contributed by atoms with E-state index in [0.29, 0.717) is 23.4 Å². The Morgan fingerprint density at radius 3 is 2.75 bits per heavy atom. The third kappa shape index (κ3) is 2.98. The molecular formula is C20H18N4O4. The molecule has 28 heavy (non-hydrogen) atoms. The van der Waals surface area contributed by atoms with E-state index in [2.05, 4.69) is 10.2 Å². The fraction of sp³-hybridized carbons (Fsp3) is 0.200. The van der Waals surface area contributed by atoms with E-state index in [1.54, 1.807) is 28.8 Å². The number of amides is 2. The number of anilines is 1. The molecule has 0 radical (unpaired) electrons. The van der Waals surface area contributed by atoms with Gasteiger partial charge in [0.05, 0.1) is 11.2 Å². The van der Waals surface area contributed by atoms with Crippen LogP contribution in [0.3, 0.4) is 0 Å². The van der Waals surface area contributed by atoms with E-state index < -0.39 is 5.91 Å². The number of azo groups is 1. The van der Waals surface area contributed by atoms with Gasteiger partial charge >= 0.3 is 0 Å². The first-order valence-electron chi connectivity index (χ1n) is 8.87. The molecule has 0 spiro atoms. The quantitative estimate of drug-likeness (QED) is 0.704. The monoisotopic (exact) mass is 378 g/mol. The van der Waals surface area contributed by atoms with E-state index in [0.717, 1.165) is 5.52 Å². The average molecular weight is 378 g/mol. The second-order valence-electron chi connectivity index (χ2n) is 6.26. The molecule has 8 nitrogen and oxygen atoms in total. The van der Waals surface area contributed by atoms with Gasteiger partial charge in [0.1, 0.15) is 12.3 Å². The molecule has 0 unspecified atom stereocenters. The Kier molecular flexibility index (Phi) is 4.52. The number of nitrogens with zero attached hydrogens (tertiary/aromatic N) is 4. The summed E-state index contributed by atoms with van der Waals surface area (Å²) in [6.07, 6.45) is 0. The van der Waals surface area contributed by atoms with Crippen molar-refractivity contribution in [3.8, 4) is 11.6 Å². The van der Waals surface area contributed by atoms with Gasteiger partial charge in [0.2, 0.25) is 5.88 Å². The minimum Gasteiger partial charge on any atom is -0.493 e. The highest BCUT2D eigenvalue weighted by Crippen LogP contribution is 2.38. The summed E-state index contributed by atoms with van der Waals surface area (Å²) >= 11 is 0. The number of hydrogen-bond acceptors (Lipinski definition) is 5. The van der Waals surface area contributed by atoms with Crippen molar-refractivity contribution in [2.45, 2.75) is 13.5 Å². The molecule has 0 saturated heterocycles. The molecule has 8 heteroatoms. The summed E-state index contributed by atoms with van der Waals surface area (Å²) in [4.78, 5) is 25.9. The van der Waals surface area contributed by atoms with Crippen LogP contribution in [0.4, 0.5) is 11.4 Å². The number of ether oxygens (including phenoxy) is 1. The fourth-order valence-corrected chi connectivity index (χ4v) is 3.29. The molecule has 1 aliphatic rings. The first kappa shape index (κ1) is 17.7. The molecule has 4 rings (SSSR count). The smallest absolute Gasteiger partial charge is 0.284 e. The Morgan fingerprint density at radius 2 is 1.93 bits per heavy atom. The number of aromatic nitrogens is 1. The fourth-order valence-electron chi connectivity index (χ4n) is 3.29. The summed E-state index contributed by atoms with van der Waals surface area (Å²) in [7, 11) is 0. The standard InChI is InChI=1S/C20H18N4O4/c1-2-23-14-8-4-3-7-13(14)19(20(23)27)22-21-17(25)11-24-15-9-5-6-10-16(15)28-12-18(24)26/h3-10,27H,2,11-12H2,1H3. The first-order chi connectivity index (χ1) is 13.6. The number of para-hydroxylation sites is 3. The van der Waals surface area contributed by atoms with Crippen molar-refractivity contribution >= 4 is 34.1 Å². The van der Waals surface area contributed by atoms with E-state index in [-0.39, 0.29) is 30.6 Å². The maximum Gasteiger partial charge on any atom is 0.284 e. The van der Waals surface area contributed by atoms with Crippen LogP contribution in [0.15, 0.2) is 58.8 Å². The highest BCUT2D eigenvalue weighted by atomic mass is 16.5. The minimum atomic E-state index is -0.599. The molecule has 2 aromatic carbocycles. The Labute approximate surface area is 160 Å². The summed E-state index contributed by atoms with van der Waals surface area (Å²) in [5, 5.41) is 18.9. The maximum absolute atomic E-state index is 12.4. The van der Waals surface area contributed by atoms with Crippen LogP contribution in [0, 0.1) is 0 Å². The van der Waals surface area contributed by atoms with Gasteiger partial charge in [-0.15, -0.1) is 10.2 Å². The number of fused-ring (bicyclic) bond motifs is 2. The molecule has 0 atom stereocenters. The molecule has 1 N–H and O–H groups in total. The molecule has 2 heterocycles. The van der Waals surface area contributed by atoms with Gasteiger partial charge in [-0.25, -0.2) is 0 Å². The van der Waals surface area contributed by atoms with Gasteiger partial charge in [0.25, 0.3) is 11.8 Å². The van der Waals surface area contributed by atoms with Crippen LogP contribution in [-0.2, 0) is 16.1 Å². The molecule has 1 aromatic heterocycles. The van der Waals surface area contributed by atoms with Gasteiger partial charge in [-0.05, 0) is 25.1 Å². The molecule has 0 bridgehead atoms. The number of carbonyl (C=O) groups excluding carboxylic acids is 2. The summed E-state index contributed by atoms with van der Waals surface area (Å²) in [5.74, 6) is -0.436. The Hall–Kier alpha value is -3.68. The Bertz CT molecular complexity index is 1100. The van der Waals surface area contributed by atoms with E-state index in [1.807, 2.05) is 31.2 Å². The predicted molar refractivity (Wildman–Crippen MR) is 103 cm³/mol. The second kappa shape index (κ2) is 7.15. The van der Waals surface area contributed by atoms with Gasteiger partial charge in [-0.3, -0.25) is 14.5 Å². The lowest BCUT2D eigenvalue weighted by Crippen LogP contribution is -2.41. The second-order valence-corrected chi connectivity index (χ2v) is 6.26. The number of hydrogen-bond donors (Lipinski definition) is 1. The van der Waals surface area contributed by atoms with Crippen LogP contribution < -0.4 is 9.64 Å². The molecule has 2 amide bonds. The zero-order valence-corrected chi connectivity index (χ0v) is 15.2. The minimum absolute atomic E-state index is 0.0481. The number of aryl methyl sites for hydroxylation is 1. The van der Waals surface area contributed by atoms with E-state index in [9.17, 15) is 14.7 Å². The summed E-state index contributed by atoms with van der Waals surface area (Å²) < 4.78 is 7.05. The number of carbonyl (C=O) groups is 2. The van der Waals surface area contributed by atoms with Crippen molar-refractivity contribution in [1.82, 2.24) is 4.57 Å². The Balaban J connectivity index is 1.60. The average Bonchev–Trinajstić information content (AvgIpc) is 2.99. The van der Waals surface area contributed by atoms with Crippen LogP contribution in [0.2, 0.25) is 0 Å². The van der Waals surface area contributed by atoms with Crippen LogP contribution in [0.25, 0.3) is 10.9 Å². The van der Waals surface area contributed by atoms with Gasteiger partial charge in [0.15, 0.2) is 12.3 Å². The van der Waals surface area contributed by atoms with Crippen molar-refractivity contribution in [1.29, 1.82) is 0 Å². The van der Waals surface area contributed by atoms with E-state index in [4.69, 9.17) is 4.74 Å². The SMILES string of the molecule is CCn1c(O)c(N=NC(=O)CN2C(=O)COc3ccccc32)c2ccccc21. The molecule has 0 aliphatic carbocycles. The van der Waals surface area contributed by atoms with Crippen molar-refractivity contribution in [3.05, 3.63) is 48.5 Å². The third-order valence-corrected chi connectivity index (χ3v) is 4.60.